The first kappa shape index (κ1) is 12.0. The van der Waals surface area contributed by atoms with Crippen molar-refractivity contribution in [2.45, 2.75) is 11.3 Å². The van der Waals surface area contributed by atoms with Gasteiger partial charge in [-0.3, -0.25) is 4.31 Å². The second-order valence-corrected chi connectivity index (χ2v) is 6.39. The van der Waals surface area contributed by atoms with Crippen LogP contribution < -0.4 is 10.0 Å². The molecule has 2 N–H and O–H groups in total. The maximum absolute atomic E-state index is 12.6. The number of benzene rings is 2. The van der Waals surface area contributed by atoms with E-state index in [-0.39, 0.29) is 4.90 Å². The Kier molecular flexibility index (Phi) is 2.71. The monoisotopic (exact) mass is 274 g/mol. The summed E-state index contributed by atoms with van der Waals surface area (Å²) in [5.74, 6) is 0. The summed E-state index contributed by atoms with van der Waals surface area (Å²) in [7, 11) is -3.49. The van der Waals surface area contributed by atoms with Gasteiger partial charge in [-0.2, -0.15) is 0 Å². The van der Waals surface area contributed by atoms with Gasteiger partial charge < -0.3 is 5.73 Å². The van der Waals surface area contributed by atoms with Crippen LogP contribution in [0.25, 0.3) is 0 Å². The number of fused-ring (bicyclic) bond motifs is 1. The fraction of sp³-hybridized carbons (Fsp3) is 0.143. The molecule has 0 radical (unpaired) electrons. The lowest BCUT2D eigenvalue weighted by Gasteiger charge is -2.19. The Hall–Kier alpha value is -2.01. The lowest BCUT2D eigenvalue weighted by atomic mass is 10.2. The topological polar surface area (TPSA) is 63.4 Å². The predicted octanol–water partition coefficient (Wildman–Crippen LogP) is 2.02. The van der Waals surface area contributed by atoms with Gasteiger partial charge in [-0.15, -0.1) is 0 Å². The fourth-order valence-electron chi connectivity index (χ4n) is 2.32. The van der Waals surface area contributed by atoms with Crippen LogP contribution in [0.2, 0.25) is 0 Å². The average molecular weight is 274 g/mol. The molecular formula is C14H14N2O2S. The van der Waals surface area contributed by atoms with Gasteiger partial charge in [0.2, 0.25) is 0 Å². The molecule has 0 aromatic heterocycles. The number of anilines is 2. The van der Waals surface area contributed by atoms with Crippen molar-refractivity contribution in [3.63, 3.8) is 0 Å². The highest BCUT2D eigenvalue weighted by Crippen LogP contribution is 2.32. The summed E-state index contributed by atoms with van der Waals surface area (Å²) >= 11 is 0. The lowest BCUT2D eigenvalue weighted by Crippen LogP contribution is -2.29. The third-order valence-electron chi connectivity index (χ3n) is 3.31. The number of hydrogen-bond donors (Lipinski definition) is 1. The van der Waals surface area contributed by atoms with Crippen LogP contribution in [-0.4, -0.2) is 15.0 Å². The Morgan fingerprint density at radius 2 is 1.68 bits per heavy atom. The third kappa shape index (κ3) is 1.96. The van der Waals surface area contributed by atoms with Crippen molar-refractivity contribution in [1.82, 2.24) is 0 Å². The van der Waals surface area contributed by atoms with Crippen LogP contribution in [0.15, 0.2) is 53.4 Å². The van der Waals surface area contributed by atoms with Crippen molar-refractivity contribution < 1.29 is 8.42 Å². The molecule has 1 heterocycles. The van der Waals surface area contributed by atoms with Crippen molar-refractivity contribution >= 4 is 21.4 Å². The van der Waals surface area contributed by atoms with Crippen LogP contribution in [0, 0.1) is 0 Å². The highest BCUT2D eigenvalue weighted by atomic mass is 32.2. The van der Waals surface area contributed by atoms with Crippen molar-refractivity contribution in [2.75, 3.05) is 16.6 Å². The van der Waals surface area contributed by atoms with Gasteiger partial charge in [-0.1, -0.05) is 18.2 Å². The van der Waals surface area contributed by atoms with E-state index in [0.717, 1.165) is 17.7 Å². The number of sulfonamides is 1. The zero-order chi connectivity index (χ0) is 13.5. The molecule has 0 fully saturated rings. The standard InChI is InChI=1S/C14H14N2O2S/c15-12-5-7-13(8-6-12)19(17,18)16-10-9-11-3-1-2-4-14(11)16/h1-8H,9-10,15H2. The van der Waals surface area contributed by atoms with Crippen molar-refractivity contribution in [3.8, 4) is 0 Å². The molecule has 0 amide bonds. The molecule has 2 aromatic carbocycles. The average Bonchev–Trinajstić information content (AvgIpc) is 2.83. The van der Waals surface area contributed by atoms with Gasteiger partial charge in [0.05, 0.1) is 10.6 Å². The second-order valence-electron chi connectivity index (χ2n) is 4.52. The van der Waals surface area contributed by atoms with E-state index in [1.54, 1.807) is 24.3 Å². The van der Waals surface area contributed by atoms with Gasteiger partial charge in [0.15, 0.2) is 0 Å². The molecule has 2 aromatic rings. The molecule has 0 saturated carbocycles. The zero-order valence-electron chi connectivity index (χ0n) is 10.3. The van der Waals surface area contributed by atoms with Crippen molar-refractivity contribution in [2.24, 2.45) is 0 Å². The second kappa shape index (κ2) is 4.28. The highest BCUT2D eigenvalue weighted by molar-refractivity contribution is 7.92. The number of nitrogen functional groups attached to an aromatic ring is 1. The van der Waals surface area contributed by atoms with E-state index < -0.39 is 10.0 Å². The summed E-state index contributed by atoms with van der Waals surface area (Å²) < 4.78 is 26.7. The van der Waals surface area contributed by atoms with Crippen LogP contribution in [0.1, 0.15) is 5.56 Å². The molecule has 4 nitrogen and oxygen atoms in total. The SMILES string of the molecule is Nc1ccc(S(=O)(=O)N2CCc3ccccc32)cc1. The largest absolute Gasteiger partial charge is 0.399 e. The minimum atomic E-state index is -3.49. The van der Waals surface area contributed by atoms with Crippen LogP contribution in [0.5, 0.6) is 0 Å². The number of rotatable bonds is 2. The Morgan fingerprint density at radius 1 is 1.00 bits per heavy atom. The molecule has 98 valence electrons. The van der Waals surface area contributed by atoms with E-state index in [2.05, 4.69) is 0 Å². The Balaban J connectivity index is 2.05. The molecule has 0 spiro atoms. The smallest absolute Gasteiger partial charge is 0.264 e. The molecular weight excluding hydrogens is 260 g/mol. The molecule has 0 unspecified atom stereocenters. The Morgan fingerprint density at radius 3 is 2.42 bits per heavy atom. The Labute approximate surface area is 112 Å². The molecule has 0 saturated heterocycles. The minimum absolute atomic E-state index is 0.276. The van der Waals surface area contributed by atoms with Gasteiger partial charge in [-0.05, 0) is 42.3 Å². The van der Waals surface area contributed by atoms with E-state index in [0.29, 0.717) is 12.2 Å². The maximum atomic E-state index is 12.6. The molecule has 5 heteroatoms. The summed E-state index contributed by atoms with van der Waals surface area (Å²) in [6, 6.07) is 13.9. The van der Waals surface area contributed by atoms with Crippen molar-refractivity contribution in [1.29, 1.82) is 0 Å². The van der Waals surface area contributed by atoms with E-state index in [1.807, 2.05) is 24.3 Å². The highest BCUT2D eigenvalue weighted by Gasteiger charge is 2.30. The lowest BCUT2D eigenvalue weighted by molar-refractivity contribution is 0.592. The molecule has 0 bridgehead atoms. The van der Waals surface area contributed by atoms with Crippen LogP contribution in [0.3, 0.4) is 0 Å². The first-order valence-electron chi connectivity index (χ1n) is 6.05. The fourth-order valence-corrected chi connectivity index (χ4v) is 3.83. The minimum Gasteiger partial charge on any atom is -0.399 e. The van der Waals surface area contributed by atoms with E-state index in [9.17, 15) is 8.42 Å². The molecule has 0 aliphatic carbocycles. The third-order valence-corrected chi connectivity index (χ3v) is 5.14. The summed E-state index contributed by atoms with van der Waals surface area (Å²) in [5, 5.41) is 0. The summed E-state index contributed by atoms with van der Waals surface area (Å²) in [6.07, 6.45) is 0.754. The van der Waals surface area contributed by atoms with Crippen LogP contribution in [-0.2, 0) is 16.4 Å². The first-order chi connectivity index (χ1) is 9.09. The molecule has 19 heavy (non-hydrogen) atoms. The van der Waals surface area contributed by atoms with Crippen LogP contribution >= 0.6 is 0 Å². The number of hydrogen-bond acceptors (Lipinski definition) is 3. The molecule has 0 atom stereocenters. The predicted molar refractivity (Wildman–Crippen MR) is 75.5 cm³/mol. The first-order valence-corrected chi connectivity index (χ1v) is 7.49. The summed E-state index contributed by atoms with van der Waals surface area (Å²) in [6.45, 7) is 0.492. The normalized spacial score (nSPS) is 14.4. The van der Waals surface area contributed by atoms with Gasteiger partial charge in [0, 0.05) is 12.2 Å². The summed E-state index contributed by atoms with van der Waals surface area (Å²) in [4.78, 5) is 0.276. The van der Waals surface area contributed by atoms with Crippen molar-refractivity contribution in [3.05, 3.63) is 54.1 Å². The van der Waals surface area contributed by atoms with E-state index >= 15 is 0 Å². The molecule has 1 aliphatic heterocycles. The molecule has 1 aliphatic rings. The zero-order valence-corrected chi connectivity index (χ0v) is 11.1. The van der Waals surface area contributed by atoms with Gasteiger partial charge in [0.25, 0.3) is 10.0 Å². The summed E-state index contributed by atoms with van der Waals surface area (Å²) in [5.41, 5.74) is 8.00. The quantitative estimate of drug-likeness (QED) is 0.852. The number of nitrogens with zero attached hydrogens (tertiary/aromatic N) is 1. The van der Waals surface area contributed by atoms with Crippen LogP contribution in [0.4, 0.5) is 11.4 Å². The van der Waals surface area contributed by atoms with Gasteiger partial charge >= 0.3 is 0 Å². The molecule has 3 rings (SSSR count). The van der Waals surface area contributed by atoms with E-state index in [1.165, 1.54) is 4.31 Å². The number of para-hydroxylation sites is 1. The van der Waals surface area contributed by atoms with Gasteiger partial charge in [0.1, 0.15) is 0 Å². The number of nitrogens with two attached hydrogens (primary N) is 1. The Bertz CT molecular complexity index is 708. The maximum Gasteiger partial charge on any atom is 0.264 e. The van der Waals surface area contributed by atoms with E-state index in [4.69, 9.17) is 5.73 Å². The van der Waals surface area contributed by atoms with Gasteiger partial charge in [-0.25, -0.2) is 8.42 Å².